The highest BCUT2D eigenvalue weighted by atomic mass is 32.1. The molecule has 1 spiro atoms. The molecule has 15 aromatic rings. The summed E-state index contributed by atoms with van der Waals surface area (Å²) in [5.41, 5.74) is 20.6. The molecule has 0 atom stereocenters. The highest BCUT2D eigenvalue weighted by molar-refractivity contribution is 7.25. The molecule has 0 amide bonds. The molecule has 0 saturated heterocycles. The summed E-state index contributed by atoms with van der Waals surface area (Å²) in [4.78, 5) is 16.0. The molecule has 4 heterocycles. The fourth-order valence-corrected chi connectivity index (χ4v) is 14.1. The SMILES string of the molecule is c1ccc2c(c1)-c1ccccc1C21c2ccccc2-c2cccc(-c3ccc(-c4ccc5oc6cccc(-c7nc(-c8ccc9c(c8)sc8ccccc89)nc(-c8cccc9oc%10ccccc%10c89)n7)c6c5c4)cc3)c21. The van der Waals surface area contributed by atoms with E-state index in [4.69, 9.17) is 23.8 Å². The Labute approximate surface area is 439 Å². The molecule has 0 saturated carbocycles. The molecule has 0 bridgehead atoms. The average Bonchev–Trinajstić information content (AvgIpc) is 4.06. The first kappa shape index (κ1) is 41.7. The molecule has 76 heavy (non-hydrogen) atoms. The largest absolute Gasteiger partial charge is 0.456 e. The van der Waals surface area contributed by atoms with Gasteiger partial charge in [-0.1, -0.05) is 194 Å². The van der Waals surface area contributed by atoms with Crippen molar-refractivity contribution in [3.63, 3.8) is 0 Å². The first-order valence-corrected chi connectivity index (χ1v) is 26.5. The van der Waals surface area contributed by atoms with Crippen LogP contribution in [0.2, 0.25) is 0 Å². The zero-order valence-corrected chi connectivity index (χ0v) is 41.4. The molecule has 0 N–H and O–H groups in total. The van der Waals surface area contributed by atoms with E-state index in [1.165, 1.54) is 75.8 Å². The number of nitrogens with zero attached hydrogens (tertiary/aromatic N) is 3. The van der Waals surface area contributed by atoms with Crippen molar-refractivity contribution in [3.05, 3.63) is 259 Å². The van der Waals surface area contributed by atoms with E-state index in [9.17, 15) is 0 Å². The topological polar surface area (TPSA) is 65.0 Å². The van der Waals surface area contributed by atoms with E-state index in [1.807, 2.05) is 42.5 Å². The number of rotatable bonds is 5. The van der Waals surface area contributed by atoms with Crippen LogP contribution in [-0.2, 0) is 5.41 Å². The molecule has 0 unspecified atom stereocenters. The summed E-state index contributed by atoms with van der Waals surface area (Å²) in [5, 5.41) is 6.40. The molecule has 0 fully saturated rings. The maximum atomic E-state index is 6.67. The van der Waals surface area contributed by atoms with Gasteiger partial charge in [-0.25, -0.2) is 15.0 Å². The van der Waals surface area contributed by atoms with Gasteiger partial charge in [0.15, 0.2) is 17.5 Å². The zero-order chi connectivity index (χ0) is 49.6. The monoisotopic (exact) mass is 985 g/mol. The van der Waals surface area contributed by atoms with Crippen molar-refractivity contribution in [2.24, 2.45) is 0 Å². The standard InChI is InChI=1S/C70H39N3O2S/c1-6-23-55-45(14-1)46-15-2-7-24-56(46)70(55)57-25-8-3-16-47(57)50-20-11-19-44(66(50)70)41-32-30-40(31-33-41)42-35-37-59-54(38-42)65-53(22-13-28-61(65)75-59)69-72-67(43-34-36-49-48-17-5-10-29-62(48)76-63(49)39-43)71-68(73-69)52-21-12-27-60-64(52)51-18-4-9-26-58(51)74-60/h1-39H. The van der Waals surface area contributed by atoms with Crippen LogP contribution >= 0.6 is 11.3 Å². The van der Waals surface area contributed by atoms with Crippen molar-refractivity contribution in [1.82, 2.24) is 15.0 Å². The molecule has 2 aliphatic carbocycles. The van der Waals surface area contributed by atoms with Crippen molar-refractivity contribution in [2.45, 2.75) is 5.41 Å². The van der Waals surface area contributed by atoms with Crippen LogP contribution in [0.1, 0.15) is 22.3 Å². The summed E-state index contributed by atoms with van der Waals surface area (Å²) in [7, 11) is 0. The van der Waals surface area contributed by atoms with Gasteiger partial charge in [0.05, 0.1) is 5.41 Å². The first-order valence-electron chi connectivity index (χ1n) is 25.7. The fourth-order valence-electron chi connectivity index (χ4n) is 13.0. The number of fused-ring (bicyclic) bond motifs is 19. The molecule has 6 heteroatoms. The highest BCUT2D eigenvalue weighted by Crippen LogP contribution is 2.64. The van der Waals surface area contributed by atoms with Crippen molar-refractivity contribution >= 4 is 75.4 Å². The summed E-state index contributed by atoms with van der Waals surface area (Å²) < 4.78 is 15.5. The van der Waals surface area contributed by atoms with Gasteiger partial charge in [0.2, 0.25) is 0 Å². The van der Waals surface area contributed by atoms with Crippen molar-refractivity contribution in [3.8, 4) is 78.7 Å². The summed E-state index contributed by atoms with van der Waals surface area (Å²) in [6, 6.07) is 85.1. The lowest BCUT2D eigenvalue weighted by molar-refractivity contribution is 0.668. The van der Waals surface area contributed by atoms with Crippen LogP contribution in [0, 0.1) is 0 Å². The third-order valence-electron chi connectivity index (χ3n) is 16.2. The van der Waals surface area contributed by atoms with Crippen LogP contribution < -0.4 is 0 Å². The molecule has 0 radical (unpaired) electrons. The average molecular weight is 986 g/mol. The molecule has 17 rings (SSSR count). The molecule has 2 aliphatic rings. The Morgan fingerprint density at radius 3 is 1.47 bits per heavy atom. The summed E-state index contributed by atoms with van der Waals surface area (Å²) >= 11 is 1.79. The van der Waals surface area contributed by atoms with E-state index in [0.717, 1.165) is 71.7 Å². The number of thiophene rings is 1. The number of hydrogen-bond donors (Lipinski definition) is 0. The second kappa shape index (κ2) is 15.6. The fraction of sp³-hybridized carbons (Fsp3) is 0.0143. The number of hydrogen-bond acceptors (Lipinski definition) is 6. The van der Waals surface area contributed by atoms with E-state index in [0.29, 0.717) is 17.5 Å². The number of para-hydroxylation sites is 1. The lowest BCUT2D eigenvalue weighted by Crippen LogP contribution is -2.26. The van der Waals surface area contributed by atoms with Gasteiger partial charge in [0.25, 0.3) is 0 Å². The quantitative estimate of drug-likeness (QED) is 0.172. The Morgan fingerprint density at radius 2 is 0.763 bits per heavy atom. The Balaban J connectivity index is 0.815. The van der Waals surface area contributed by atoms with Crippen LogP contribution in [0.25, 0.3) is 143 Å². The van der Waals surface area contributed by atoms with Gasteiger partial charge in [0.1, 0.15) is 22.3 Å². The Kier molecular flexibility index (Phi) is 8.58. The van der Waals surface area contributed by atoms with Gasteiger partial charge in [-0.05, 0) is 109 Å². The minimum Gasteiger partial charge on any atom is -0.456 e. The Hall–Kier alpha value is -9.75. The van der Waals surface area contributed by atoms with Crippen molar-refractivity contribution in [1.29, 1.82) is 0 Å². The van der Waals surface area contributed by atoms with Gasteiger partial charge >= 0.3 is 0 Å². The van der Waals surface area contributed by atoms with Crippen LogP contribution in [0.3, 0.4) is 0 Å². The lowest BCUT2D eigenvalue weighted by Gasteiger charge is -2.32. The minimum atomic E-state index is -0.437. The predicted octanol–water partition coefficient (Wildman–Crippen LogP) is 18.7. The lowest BCUT2D eigenvalue weighted by atomic mass is 9.68. The normalized spacial score (nSPS) is 13.1. The number of benzene rings is 11. The number of furan rings is 2. The van der Waals surface area contributed by atoms with Crippen LogP contribution in [-0.4, -0.2) is 15.0 Å². The minimum absolute atomic E-state index is 0.437. The van der Waals surface area contributed by atoms with Crippen molar-refractivity contribution < 1.29 is 8.83 Å². The second-order valence-corrected chi connectivity index (χ2v) is 21.2. The molecule has 4 aromatic heterocycles. The van der Waals surface area contributed by atoms with E-state index < -0.39 is 5.41 Å². The molecule has 352 valence electrons. The maximum Gasteiger partial charge on any atom is 0.164 e. The van der Waals surface area contributed by atoms with E-state index >= 15 is 0 Å². The van der Waals surface area contributed by atoms with E-state index in [-0.39, 0.29) is 0 Å². The van der Waals surface area contributed by atoms with Gasteiger partial charge in [-0.3, -0.25) is 0 Å². The summed E-state index contributed by atoms with van der Waals surface area (Å²) in [5.74, 6) is 1.72. The third kappa shape index (κ3) is 5.76. The van der Waals surface area contributed by atoms with Crippen LogP contribution in [0.5, 0.6) is 0 Å². The molecular formula is C70H39N3O2S. The maximum absolute atomic E-state index is 6.67. The molecular weight excluding hydrogens is 947 g/mol. The second-order valence-electron chi connectivity index (χ2n) is 20.1. The van der Waals surface area contributed by atoms with E-state index in [1.54, 1.807) is 11.3 Å². The van der Waals surface area contributed by atoms with Crippen molar-refractivity contribution in [2.75, 3.05) is 0 Å². The predicted molar refractivity (Wildman–Crippen MR) is 311 cm³/mol. The first-order chi connectivity index (χ1) is 37.7. The molecule has 0 aliphatic heterocycles. The van der Waals surface area contributed by atoms with Crippen LogP contribution in [0.15, 0.2) is 245 Å². The summed E-state index contributed by atoms with van der Waals surface area (Å²) in [6.07, 6.45) is 0. The van der Waals surface area contributed by atoms with Gasteiger partial charge in [0, 0.05) is 58.4 Å². The number of aromatic nitrogens is 3. The van der Waals surface area contributed by atoms with Crippen LogP contribution in [0.4, 0.5) is 0 Å². The molecule has 11 aromatic carbocycles. The highest BCUT2D eigenvalue weighted by Gasteiger charge is 2.52. The smallest absolute Gasteiger partial charge is 0.164 e. The Bertz CT molecular complexity index is 4900. The third-order valence-corrected chi connectivity index (χ3v) is 17.3. The van der Waals surface area contributed by atoms with Gasteiger partial charge in [-0.2, -0.15) is 0 Å². The summed E-state index contributed by atoms with van der Waals surface area (Å²) in [6.45, 7) is 0. The van der Waals surface area contributed by atoms with Gasteiger partial charge < -0.3 is 8.83 Å². The Morgan fingerprint density at radius 1 is 0.289 bits per heavy atom. The van der Waals surface area contributed by atoms with Gasteiger partial charge in [-0.15, -0.1) is 11.3 Å². The van der Waals surface area contributed by atoms with E-state index in [2.05, 4.69) is 194 Å². The zero-order valence-electron chi connectivity index (χ0n) is 40.6. The molecule has 5 nitrogen and oxygen atoms in total.